The van der Waals surface area contributed by atoms with Gasteiger partial charge in [-0.25, -0.2) is 0 Å². The molecule has 0 spiro atoms. The van der Waals surface area contributed by atoms with Crippen LogP contribution in [0.15, 0.2) is 54.6 Å². The molecule has 2 aromatic rings. The number of carbonyl (C=O) groups is 2. The van der Waals surface area contributed by atoms with E-state index >= 15 is 0 Å². The predicted molar refractivity (Wildman–Crippen MR) is 126 cm³/mol. The number of hydrogen-bond donors (Lipinski definition) is 0. The standard InChI is InChI=1S/C26H33N3O3/c1-32-24-12-6-5-11-23(24)28-19-17-27(18-20-28)15-7-8-16-29-25(30)14-13-22(26(29)31)21-9-3-2-4-10-21/h2-6,9-12,22H,7-8,13-20H2,1H3. The quantitative estimate of drug-likeness (QED) is 0.469. The Morgan fingerprint density at radius 2 is 1.56 bits per heavy atom. The minimum absolute atomic E-state index is 0.0207. The van der Waals surface area contributed by atoms with Gasteiger partial charge in [0.05, 0.1) is 18.7 Å². The molecule has 2 heterocycles. The Hall–Kier alpha value is -2.86. The second-order valence-corrected chi connectivity index (χ2v) is 8.59. The van der Waals surface area contributed by atoms with E-state index in [0.29, 0.717) is 19.4 Å². The first kappa shape index (κ1) is 22.3. The number of hydrogen-bond acceptors (Lipinski definition) is 5. The normalized spacial score (nSPS) is 20.0. The number of rotatable bonds is 8. The average Bonchev–Trinajstić information content (AvgIpc) is 2.84. The maximum absolute atomic E-state index is 12.9. The van der Waals surface area contributed by atoms with Crippen molar-refractivity contribution >= 4 is 17.5 Å². The number of imide groups is 1. The van der Waals surface area contributed by atoms with Gasteiger partial charge in [0.2, 0.25) is 11.8 Å². The fourth-order valence-corrected chi connectivity index (χ4v) is 4.78. The van der Waals surface area contributed by atoms with Gasteiger partial charge >= 0.3 is 0 Å². The lowest BCUT2D eigenvalue weighted by Gasteiger charge is -2.36. The summed E-state index contributed by atoms with van der Waals surface area (Å²) in [6.45, 7) is 5.50. The summed E-state index contributed by atoms with van der Waals surface area (Å²) in [6.07, 6.45) is 2.91. The van der Waals surface area contributed by atoms with Crippen molar-refractivity contribution in [3.63, 3.8) is 0 Å². The van der Waals surface area contributed by atoms with Crippen molar-refractivity contribution < 1.29 is 14.3 Å². The van der Waals surface area contributed by atoms with Crippen molar-refractivity contribution in [3.05, 3.63) is 60.2 Å². The molecule has 0 aliphatic carbocycles. The molecule has 2 aliphatic heterocycles. The molecule has 2 fully saturated rings. The van der Waals surface area contributed by atoms with Gasteiger partial charge < -0.3 is 9.64 Å². The summed E-state index contributed by atoms with van der Waals surface area (Å²) in [5.74, 6) is 0.688. The SMILES string of the molecule is COc1ccccc1N1CCN(CCCCN2C(=O)CCC(c3ccccc3)C2=O)CC1. The van der Waals surface area contributed by atoms with Crippen LogP contribution in [0.4, 0.5) is 5.69 Å². The van der Waals surface area contributed by atoms with Crippen LogP contribution in [0.3, 0.4) is 0 Å². The molecule has 32 heavy (non-hydrogen) atoms. The highest BCUT2D eigenvalue weighted by Crippen LogP contribution is 2.30. The first-order valence-corrected chi connectivity index (χ1v) is 11.7. The minimum Gasteiger partial charge on any atom is -0.495 e. The van der Waals surface area contributed by atoms with E-state index in [9.17, 15) is 9.59 Å². The maximum atomic E-state index is 12.9. The molecule has 1 unspecified atom stereocenters. The third-order valence-electron chi connectivity index (χ3n) is 6.62. The first-order chi connectivity index (χ1) is 15.7. The van der Waals surface area contributed by atoms with E-state index in [1.165, 1.54) is 4.90 Å². The predicted octanol–water partition coefficient (Wildman–Crippen LogP) is 3.53. The Bertz CT molecular complexity index is 910. The molecular weight excluding hydrogens is 402 g/mol. The number of benzene rings is 2. The molecule has 2 amide bonds. The summed E-state index contributed by atoms with van der Waals surface area (Å²) in [4.78, 5) is 31.7. The average molecular weight is 436 g/mol. The van der Waals surface area contributed by atoms with Gasteiger partial charge in [0.25, 0.3) is 0 Å². The second-order valence-electron chi connectivity index (χ2n) is 8.59. The van der Waals surface area contributed by atoms with E-state index in [4.69, 9.17) is 4.74 Å². The Morgan fingerprint density at radius 1 is 0.875 bits per heavy atom. The molecule has 170 valence electrons. The molecule has 0 saturated carbocycles. The van der Waals surface area contributed by atoms with Crippen molar-refractivity contribution in [3.8, 4) is 5.75 Å². The molecule has 0 aromatic heterocycles. The largest absolute Gasteiger partial charge is 0.495 e. The molecular formula is C26H33N3O3. The van der Waals surface area contributed by atoms with Crippen LogP contribution in [0.5, 0.6) is 5.75 Å². The van der Waals surface area contributed by atoms with E-state index in [0.717, 1.165) is 62.6 Å². The molecule has 6 heteroatoms. The number of unbranched alkanes of at least 4 members (excludes halogenated alkanes) is 1. The molecule has 0 bridgehead atoms. The Kier molecular flexibility index (Phi) is 7.43. The summed E-state index contributed by atoms with van der Waals surface area (Å²) in [6, 6.07) is 18.0. The van der Waals surface area contributed by atoms with E-state index in [1.54, 1.807) is 7.11 Å². The highest BCUT2D eigenvalue weighted by molar-refractivity contribution is 6.01. The van der Waals surface area contributed by atoms with Gasteiger partial charge in [0.1, 0.15) is 5.75 Å². The number of para-hydroxylation sites is 2. The van der Waals surface area contributed by atoms with Gasteiger partial charge in [-0.05, 0) is 43.5 Å². The number of piperidine rings is 1. The number of nitrogens with zero attached hydrogens (tertiary/aromatic N) is 3. The van der Waals surface area contributed by atoms with Crippen LogP contribution in [0.25, 0.3) is 0 Å². The molecule has 2 aromatic carbocycles. The summed E-state index contributed by atoms with van der Waals surface area (Å²) in [7, 11) is 1.72. The van der Waals surface area contributed by atoms with Crippen LogP contribution in [0.1, 0.15) is 37.2 Å². The smallest absolute Gasteiger partial charge is 0.236 e. The Balaban J connectivity index is 1.21. The van der Waals surface area contributed by atoms with Gasteiger partial charge in [-0.1, -0.05) is 42.5 Å². The third-order valence-corrected chi connectivity index (χ3v) is 6.62. The molecule has 2 saturated heterocycles. The molecule has 0 radical (unpaired) electrons. The van der Waals surface area contributed by atoms with Gasteiger partial charge in [-0.2, -0.15) is 0 Å². The van der Waals surface area contributed by atoms with Crippen molar-refractivity contribution in [2.24, 2.45) is 0 Å². The zero-order chi connectivity index (χ0) is 22.3. The topological polar surface area (TPSA) is 53.1 Å². The van der Waals surface area contributed by atoms with E-state index in [-0.39, 0.29) is 17.7 Å². The van der Waals surface area contributed by atoms with Gasteiger partial charge in [-0.3, -0.25) is 19.4 Å². The maximum Gasteiger partial charge on any atom is 0.236 e. The monoisotopic (exact) mass is 435 g/mol. The zero-order valence-corrected chi connectivity index (χ0v) is 18.9. The number of carbonyl (C=O) groups excluding carboxylic acids is 2. The lowest BCUT2D eigenvalue weighted by Crippen LogP contribution is -2.47. The minimum atomic E-state index is -0.183. The van der Waals surface area contributed by atoms with Crippen LogP contribution in [-0.4, -0.2) is 68.0 Å². The molecule has 4 rings (SSSR count). The number of piperazine rings is 1. The van der Waals surface area contributed by atoms with Crippen LogP contribution in [-0.2, 0) is 9.59 Å². The summed E-state index contributed by atoms with van der Waals surface area (Å²) in [5.41, 5.74) is 2.17. The number of methoxy groups -OCH3 is 1. The molecule has 2 aliphatic rings. The number of ether oxygens (including phenoxy) is 1. The Labute approximate surface area is 190 Å². The first-order valence-electron chi connectivity index (χ1n) is 11.7. The van der Waals surface area contributed by atoms with Crippen LogP contribution < -0.4 is 9.64 Å². The fraction of sp³-hybridized carbons (Fsp3) is 0.462. The lowest BCUT2D eigenvalue weighted by atomic mass is 9.89. The lowest BCUT2D eigenvalue weighted by molar-refractivity contribution is -0.149. The summed E-state index contributed by atoms with van der Waals surface area (Å²) >= 11 is 0. The third kappa shape index (κ3) is 5.13. The van der Waals surface area contributed by atoms with Crippen molar-refractivity contribution in [1.82, 2.24) is 9.80 Å². The van der Waals surface area contributed by atoms with E-state index in [2.05, 4.69) is 21.9 Å². The molecule has 1 atom stereocenters. The van der Waals surface area contributed by atoms with Gasteiger partial charge in [0.15, 0.2) is 0 Å². The molecule has 0 N–H and O–H groups in total. The summed E-state index contributed by atoms with van der Waals surface area (Å²) in [5, 5.41) is 0. The van der Waals surface area contributed by atoms with E-state index < -0.39 is 0 Å². The summed E-state index contributed by atoms with van der Waals surface area (Å²) < 4.78 is 5.50. The van der Waals surface area contributed by atoms with Crippen molar-refractivity contribution in [2.75, 3.05) is 51.3 Å². The second kappa shape index (κ2) is 10.6. The van der Waals surface area contributed by atoms with Crippen molar-refractivity contribution in [1.29, 1.82) is 0 Å². The van der Waals surface area contributed by atoms with Crippen LogP contribution in [0, 0.1) is 0 Å². The highest BCUT2D eigenvalue weighted by atomic mass is 16.5. The van der Waals surface area contributed by atoms with E-state index in [1.807, 2.05) is 42.5 Å². The molecule has 6 nitrogen and oxygen atoms in total. The van der Waals surface area contributed by atoms with Gasteiger partial charge in [0, 0.05) is 39.1 Å². The highest BCUT2D eigenvalue weighted by Gasteiger charge is 2.34. The van der Waals surface area contributed by atoms with Crippen molar-refractivity contribution in [2.45, 2.75) is 31.6 Å². The number of likely N-dealkylation sites (tertiary alicyclic amines) is 1. The van der Waals surface area contributed by atoms with Crippen LogP contribution in [0.2, 0.25) is 0 Å². The fourth-order valence-electron chi connectivity index (χ4n) is 4.78. The zero-order valence-electron chi connectivity index (χ0n) is 18.9. The number of amides is 2. The number of anilines is 1. The Morgan fingerprint density at radius 3 is 2.31 bits per heavy atom. The van der Waals surface area contributed by atoms with Crippen LogP contribution >= 0.6 is 0 Å². The van der Waals surface area contributed by atoms with Gasteiger partial charge in [-0.15, -0.1) is 0 Å².